The SMILES string of the molecule is CC(O)(CNC(=O)c1cc(-c2ccc(F)cc2)n[nH]1)c1cccs1. The molecule has 1 aromatic carbocycles. The number of carbonyl (C=O) groups excluding carboxylic acids is 1. The Labute approximate surface area is 142 Å². The quantitative estimate of drug-likeness (QED) is 0.665. The lowest BCUT2D eigenvalue weighted by Crippen LogP contribution is -2.38. The molecule has 1 amide bonds. The van der Waals surface area contributed by atoms with Crippen LogP contribution < -0.4 is 5.32 Å². The van der Waals surface area contributed by atoms with Gasteiger partial charge >= 0.3 is 0 Å². The first-order valence-corrected chi connectivity index (χ1v) is 8.19. The van der Waals surface area contributed by atoms with E-state index >= 15 is 0 Å². The Morgan fingerprint density at radius 3 is 2.79 bits per heavy atom. The van der Waals surface area contributed by atoms with Crippen molar-refractivity contribution in [2.45, 2.75) is 12.5 Å². The third-order valence-electron chi connectivity index (χ3n) is 3.61. The minimum absolute atomic E-state index is 0.0806. The molecule has 5 nitrogen and oxygen atoms in total. The Morgan fingerprint density at radius 1 is 1.38 bits per heavy atom. The van der Waals surface area contributed by atoms with Crippen molar-refractivity contribution in [2.24, 2.45) is 0 Å². The summed E-state index contributed by atoms with van der Waals surface area (Å²) < 4.78 is 12.9. The van der Waals surface area contributed by atoms with Gasteiger partial charge in [0, 0.05) is 10.4 Å². The maximum Gasteiger partial charge on any atom is 0.269 e. The first kappa shape index (κ1) is 16.4. The third-order valence-corrected chi connectivity index (χ3v) is 4.73. The Morgan fingerprint density at radius 2 is 2.12 bits per heavy atom. The number of aromatic nitrogens is 2. The Hall–Kier alpha value is -2.51. The van der Waals surface area contributed by atoms with E-state index in [2.05, 4.69) is 15.5 Å². The number of halogens is 1. The number of hydrogen-bond acceptors (Lipinski definition) is 4. The van der Waals surface area contributed by atoms with Crippen molar-refractivity contribution in [2.75, 3.05) is 6.54 Å². The van der Waals surface area contributed by atoms with Crippen LogP contribution in [0.5, 0.6) is 0 Å². The molecule has 0 radical (unpaired) electrons. The number of rotatable bonds is 5. The molecule has 2 aromatic heterocycles. The molecule has 0 aliphatic carbocycles. The maximum atomic E-state index is 12.9. The zero-order valence-electron chi connectivity index (χ0n) is 12.9. The van der Waals surface area contributed by atoms with Gasteiger partial charge in [-0.05, 0) is 48.7 Å². The third kappa shape index (κ3) is 3.52. The second kappa shape index (κ2) is 6.54. The van der Waals surface area contributed by atoms with Gasteiger partial charge in [0.25, 0.3) is 5.91 Å². The number of H-pyrrole nitrogens is 1. The van der Waals surface area contributed by atoms with Gasteiger partial charge in [0.05, 0.1) is 12.2 Å². The van der Waals surface area contributed by atoms with Crippen molar-refractivity contribution in [1.29, 1.82) is 0 Å². The van der Waals surface area contributed by atoms with Gasteiger partial charge in [-0.15, -0.1) is 11.3 Å². The highest BCUT2D eigenvalue weighted by Gasteiger charge is 2.25. The van der Waals surface area contributed by atoms with Crippen molar-refractivity contribution in [3.05, 3.63) is 64.2 Å². The molecule has 24 heavy (non-hydrogen) atoms. The lowest BCUT2D eigenvalue weighted by Gasteiger charge is -2.22. The lowest BCUT2D eigenvalue weighted by molar-refractivity contribution is 0.0555. The van der Waals surface area contributed by atoms with E-state index in [0.29, 0.717) is 11.3 Å². The molecule has 3 aromatic rings. The number of aromatic amines is 1. The van der Waals surface area contributed by atoms with Crippen LogP contribution in [-0.2, 0) is 5.60 Å². The lowest BCUT2D eigenvalue weighted by atomic mass is 10.1. The van der Waals surface area contributed by atoms with Gasteiger partial charge in [-0.3, -0.25) is 9.89 Å². The predicted octanol–water partition coefficient (Wildman–Crippen LogP) is 2.91. The molecule has 0 fully saturated rings. The minimum atomic E-state index is -1.14. The molecule has 1 atom stereocenters. The smallest absolute Gasteiger partial charge is 0.269 e. The van der Waals surface area contributed by atoms with Gasteiger partial charge in [0.2, 0.25) is 0 Å². The summed E-state index contributed by atoms with van der Waals surface area (Å²) in [5.74, 6) is -0.698. The Kier molecular flexibility index (Phi) is 4.46. The average molecular weight is 345 g/mol. The molecule has 2 heterocycles. The first-order valence-electron chi connectivity index (χ1n) is 7.31. The second-order valence-corrected chi connectivity index (χ2v) is 6.56. The van der Waals surface area contributed by atoms with Crippen LogP contribution in [0.4, 0.5) is 4.39 Å². The fourth-order valence-electron chi connectivity index (χ4n) is 2.23. The van der Waals surface area contributed by atoms with Gasteiger partial charge in [0.15, 0.2) is 0 Å². The molecule has 1 unspecified atom stereocenters. The van der Waals surface area contributed by atoms with Crippen LogP contribution in [0.3, 0.4) is 0 Å². The molecular formula is C17H16FN3O2S. The summed E-state index contributed by atoms with van der Waals surface area (Å²) in [6, 6.07) is 11.1. The van der Waals surface area contributed by atoms with E-state index in [4.69, 9.17) is 0 Å². The molecule has 0 bridgehead atoms. The minimum Gasteiger partial charge on any atom is -0.383 e. The highest BCUT2D eigenvalue weighted by molar-refractivity contribution is 7.10. The molecule has 0 aliphatic heterocycles. The number of nitrogens with one attached hydrogen (secondary N) is 2. The van der Waals surface area contributed by atoms with Gasteiger partial charge < -0.3 is 10.4 Å². The van der Waals surface area contributed by atoms with Crippen LogP contribution in [0.2, 0.25) is 0 Å². The number of carbonyl (C=O) groups is 1. The number of aliphatic hydroxyl groups is 1. The molecule has 3 N–H and O–H groups in total. The zero-order chi connectivity index (χ0) is 17.2. The number of hydrogen-bond donors (Lipinski definition) is 3. The summed E-state index contributed by atoms with van der Waals surface area (Å²) in [6.07, 6.45) is 0. The molecular weight excluding hydrogens is 329 g/mol. The summed E-state index contributed by atoms with van der Waals surface area (Å²) in [7, 11) is 0. The summed E-state index contributed by atoms with van der Waals surface area (Å²) in [6.45, 7) is 1.73. The Balaban J connectivity index is 1.67. The van der Waals surface area contributed by atoms with Crippen molar-refractivity contribution < 1.29 is 14.3 Å². The van der Waals surface area contributed by atoms with Gasteiger partial charge in [-0.2, -0.15) is 5.10 Å². The van der Waals surface area contributed by atoms with Crippen molar-refractivity contribution in [3.8, 4) is 11.3 Å². The maximum absolute atomic E-state index is 12.9. The van der Waals surface area contributed by atoms with E-state index in [1.807, 2.05) is 17.5 Å². The highest BCUT2D eigenvalue weighted by Crippen LogP contribution is 2.24. The molecule has 0 spiro atoms. The van der Waals surface area contributed by atoms with Crippen LogP contribution >= 0.6 is 11.3 Å². The zero-order valence-corrected chi connectivity index (χ0v) is 13.7. The first-order chi connectivity index (χ1) is 11.5. The fraction of sp³-hybridized carbons (Fsp3) is 0.176. The normalized spacial score (nSPS) is 13.5. The van der Waals surface area contributed by atoms with Crippen LogP contribution in [0, 0.1) is 5.82 Å². The van der Waals surface area contributed by atoms with Gasteiger partial charge in [-0.25, -0.2) is 4.39 Å². The monoisotopic (exact) mass is 345 g/mol. The number of thiophene rings is 1. The van der Waals surface area contributed by atoms with Crippen molar-refractivity contribution in [1.82, 2.24) is 15.5 Å². The van der Waals surface area contributed by atoms with Crippen LogP contribution in [0.1, 0.15) is 22.3 Å². The van der Waals surface area contributed by atoms with Crippen LogP contribution in [-0.4, -0.2) is 27.8 Å². The molecule has 0 saturated heterocycles. The molecule has 124 valence electrons. The van der Waals surface area contributed by atoms with Gasteiger partial charge in [0.1, 0.15) is 17.1 Å². The van der Waals surface area contributed by atoms with E-state index in [1.54, 1.807) is 25.1 Å². The van der Waals surface area contributed by atoms with E-state index in [9.17, 15) is 14.3 Å². The standard InChI is InChI=1S/C17H16FN3O2S/c1-17(23,15-3-2-8-24-15)10-19-16(22)14-9-13(20-21-14)11-4-6-12(18)7-5-11/h2-9,23H,10H2,1H3,(H,19,22)(H,20,21). The molecule has 0 aliphatic rings. The highest BCUT2D eigenvalue weighted by atomic mass is 32.1. The topological polar surface area (TPSA) is 78.0 Å². The fourth-order valence-corrected chi connectivity index (χ4v) is 3.01. The van der Waals surface area contributed by atoms with E-state index in [1.165, 1.54) is 23.5 Å². The summed E-state index contributed by atoms with van der Waals surface area (Å²) in [5.41, 5.74) is 0.391. The van der Waals surface area contributed by atoms with Crippen LogP contribution in [0.25, 0.3) is 11.3 Å². The van der Waals surface area contributed by atoms with Gasteiger partial charge in [-0.1, -0.05) is 6.07 Å². The predicted molar refractivity (Wildman–Crippen MR) is 90.2 cm³/mol. The summed E-state index contributed by atoms with van der Waals surface area (Å²) in [5, 5.41) is 21.7. The number of amides is 1. The number of benzene rings is 1. The van der Waals surface area contributed by atoms with Crippen LogP contribution in [0.15, 0.2) is 47.8 Å². The molecule has 0 saturated carbocycles. The number of nitrogens with zero attached hydrogens (tertiary/aromatic N) is 1. The van der Waals surface area contributed by atoms with E-state index in [0.717, 1.165) is 4.88 Å². The molecule has 3 rings (SSSR count). The average Bonchev–Trinajstić information content (AvgIpc) is 3.25. The van der Waals surface area contributed by atoms with Crippen molar-refractivity contribution >= 4 is 17.2 Å². The summed E-state index contributed by atoms with van der Waals surface area (Å²) in [4.78, 5) is 13.0. The second-order valence-electron chi connectivity index (χ2n) is 5.61. The van der Waals surface area contributed by atoms with E-state index < -0.39 is 5.60 Å². The summed E-state index contributed by atoms with van der Waals surface area (Å²) >= 11 is 1.43. The van der Waals surface area contributed by atoms with Crippen molar-refractivity contribution in [3.63, 3.8) is 0 Å². The largest absolute Gasteiger partial charge is 0.383 e. The Bertz CT molecular complexity index is 826. The molecule has 7 heteroatoms. The van der Waals surface area contributed by atoms with E-state index in [-0.39, 0.29) is 24.0 Å².